The normalized spacial score (nSPS) is 16.4. The van der Waals surface area contributed by atoms with E-state index in [0.717, 1.165) is 56.0 Å². The van der Waals surface area contributed by atoms with Gasteiger partial charge in [0.05, 0.1) is 0 Å². The van der Waals surface area contributed by atoms with Crippen molar-refractivity contribution >= 4 is 17.7 Å². The second-order valence-corrected chi connectivity index (χ2v) is 8.81. The minimum Gasteiger partial charge on any atom is -0.357 e. The van der Waals surface area contributed by atoms with E-state index < -0.39 is 0 Å². The lowest BCUT2D eigenvalue weighted by molar-refractivity contribution is 0.139. The van der Waals surface area contributed by atoms with Gasteiger partial charge in [0.25, 0.3) is 0 Å². The molecule has 0 unspecified atom stereocenters. The van der Waals surface area contributed by atoms with Crippen molar-refractivity contribution in [3.63, 3.8) is 0 Å². The van der Waals surface area contributed by atoms with E-state index in [1.165, 1.54) is 25.7 Å². The van der Waals surface area contributed by atoms with Crippen LogP contribution in [0.3, 0.4) is 0 Å². The van der Waals surface area contributed by atoms with Gasteiger partial charge in [-0.25, -0.2) is 0 Å². The number of nitrogens with one attached hydrogen (secondary N) is 2. The van der Waals surface area contributed by atoms with Gasteiger partial charge in [0, 0.05) is 32.6 Å². The summed E-state index contributed by atoms with van der Waals surface area (Å²) < 4.78 is 2.27. The molecule has 0 spiro atoms. The van der Waals surface area contributed by atoms with Crippen LogP contribution in [0.15, 0.2) is 10.1 Å². The third kappa shape index (κ3) is 6.40. The SMILES string of the molecule is CCNC(=NCC1(CC)CCC1)NCCCc1nnc(SC)n1CC(C)C. The first-order valence-corrected chi connectivity index (χ1v) is 11.7. The molecule has 0 saturated heterocycles. The first-order valence-electron chi connectivity index (χ1n) is 10.5. The van der Waals surface area contributed by atoms with E-state index in [2.05, 4.69) is 59.3 Å². The number of nitrogens with zero attached hydrogens (tertiary/aromatic N) is 4. The monoisotopic (exact) mass is 394 g/mol. The number of aromatic nitrogens is 3. The fourth-order valence-electron chi connectivity index (χ4n) is 3.55. The summed E-state index contributed by atoms with van der Waals surface area (Å²) in [6, 6.07) is 0. The quantitative estimate of drug-likeness (QED) is 0.259. The zero-order chi connectivity index (χ0) is 19.7. The van der Waals surface area contributed by atoms with Crippen LogP contribution in [-0.2, 0) is 13.0 Å². The molecule has 1 aromatic rings. The molecule has 1 aliphatic carbocycles. The van der Waals surface area contributed by atoms with Crippen molar-refractivity contribution in [2.45, 2.75) is 77.9 Å². The number of aliphatic imine (C=N–C) groups is 1. The van der Waals surface area contributed by atoms with Gasteiger partial charge in [-0.05, 0) is 50.2 Å². The predicted molar refractivity (Wildman–Crippen MR) is 116 cm³/mol. The lowest BCUT2D eigenvalue weighted by atomic mass is 9.67. The predicted octanol–water partition coefficient (Wildman–Crippen LogP) is 3.72. The first kappa shape index (κ1) is 22.1. The summed E-state index contributed by atoms with van der Waals surface area (Å²) in [5.41, 5.74) is 0.462. The molecule has 0 radical (unpaired) electrons. The summed E-state index contributed by atoms with van der Waals surface area (Å²) >= 11 is 1.67. The van der Waals surface area contributed by atoms with Crippen molar-refractivity contribution in [1.82, 2.24) is 25.4 Å². The number of hydrogen-bond acceptors (Lipinski definition) is 4. The van der Waals surface area contributed by atoms with Gasteiger partial charge in [-0.15, -0.1) is 10.2 Å². The molecule has 1 saturated carbocycles. The van der Waals surface area contributed by atoms with Gasteiger partial charge in [0.2, 0.25) is 0 Å². The van der Waals surface area contributed by atoms with Gasteiger partial charge in [0.1, 0.15) is 5.82 Å². The van der Waals surface area contributed by atoms with E-state index in [9.17, 15) is 0 Å². The molecule has 0 atom stereocenters. The van der Waals surface area contributed by atoms with Crippen molar-refractivity contribution in [3.05, 3.63) is 5.82 Å². The molecule has 1 aromatic heterocycles. The van der Waals surface area contributed by atoms with Crippen LogP contribution >= 0.6 is 11.8 Å². The van der Waals surface area contributed by atoms with E-state index >= 15 is 0 Å². The van der Waals surface area contributed by atoms with Crippen LogP contribution in [-0.4, -0.2) is 46.6 Å². The van der Waals surface area contributed by atoms with Crippen molar-refractivity contribution in [1.29, 1.82) is 0 Å². The van der Waals surface area contributed by atoms with Gasteiger partial charge in [0.15, 0.2) is 11.1 Å². The summed E-state index contributed by atoms with van der Waals surface area (Å²) in [6.45, 7) is 12.6. The summed E-state index contributed by atoms with van der Waals surface area (Å²) in [6.07, 6.45) is 9.28. The standard InChI is InChI=1S/C20H38N6S/c1-6-20(11-9-12-20)15-23-18(21-7-2)22-13-8-10-17-24-25-19(27-5)26(17)14-16(3)4/h16H,6-15H2,1-5H3,(H2,21,22,23). The van der Waals surface area contributed by atoms with Gasteiger partial charge in [-0.3, -0.25) is 4.99 Å². The molecule has 6 nitrogen and oxygen atoms in total. The molecule has 1 aliphatic rings. The lowest BCUT2D eigenvalue weighted by Gasteiger charge is -2.40. The summed E-state index contributed by atoms with van der Waals surface area (Å²) in [4.78, 5) is 4.86. The minimum absolute atomic E-state index is 0.462. The third-order valence-corrected chi connectivity index (χ3v) is 6.14. The number of rotatable bonds is 11. The van der Waals surface area contributed by atoms with Gasteiger partial charge >= 0.3 is 0 Å². The highest BCUT2D eigenvalue weighted by molar-refractivity contribution is 7.98. The van der Waals surface area contributed by atoms with Crippen LogP contribution in [0.4, 0.5) is 0 Å². The maximum absolute atomic E-state index is 4.86. The Morgan fingerprint density at radius 3 is 2.59 bits per heavy atom. The molecule has 2 N–H and O–H groups in total. The molecule has 0 aromatic carbocycles. The molecule has 0 amide bonds. The van der Waals surface area contributed by atoms with Crippen LogP contribution < -0.4 is 10.6 Å². The van der Waals surface area contributed by atoms with Crippen LogP contribution in [0.1, 0.15) is 65.6 Å². The van der Waals surface area contributed by atoms with Crippen LogP contribution in [0.25, 0.3) is 0 Å². The highest BCUT2D eigenvalue weighted by atomic mass is 32.2. The lowest BCUT2D eigenvalue weighted by Crippen LogP contribution is -2.40. The molecule has 0 bridgehead atoms. The second-order valence-electron chi connectivity index (χ2n) is 8.04. The van der Waals surface area contributed by atoms with Crippen molar-refractivity contribution < 1.29 is 0 Å². The summed E-state index contributed by atoms with van der Waals surface area (Å²) in [5.74, 6) is 2.63. The molecule has 27 heavy (non-hydrogen) atoms. The number of aryl methyl sites for hydroxylation is 1. The Kier molecular flexibility index (Phi) is 8.93. The van der Waals surface area contributed by atoms with E-state index in [1.54, 1.807) is 11.8 Å². The number of hydrogen-bond donors (Lipinski definition) is 2. The van der Waals surface area contributed by atoms with Gasteiger partial charge < -0.3 is 15.2 Å². The summed E-state index contributed by atoms with van der Waals surface area (Å²) in [7, 11) is 0. The van der Waals surface area contributed by atoms with E-state index in [-0.39, 0.29) is 0 Å². The van der Waals surface area contributed by atoms with E-state index in [1.807, 2.05) is 0 Å². The van der Waals surface area contributed by atoms with E-state index in [0.29, 0.717) is 11.3 Å². The average Bonchev–Trinajstić information content (AvgIpc) is 2.99. The third-order valence-electron chi connectivity index (χ3n) is 5.47. The van der Waals surface area contributed by atoms with Crippen molar-refractivity contribution in [3.8, 4) is 0 Å². The molecule has 1 fully saturated rings. The molecule has 2 rings (SSSR count). The zero-order valence-electron chi connectivity index (χ0n) is 17.8. The van der Waals surface area contributed by atoms with Gasteiger partial charge in [-0.1, -0.05) is 39.0 Å². The Labute approximate surface area is 169 Å². The highest BCUT2D eigenvalue weighted by Gasteiger charge is 2.34. The largest absolute Gasteiger partial charge is 0.357 e. The fourth-order valence-corrected chi connectivity index (χ4v) is 4.07. The zero-order valence-corrected chi connectivity index (χ0v) is 18.7. The Hall–Kier alpha value is -1.24. The Morgan fingerprint density at radius 2 is 2.04 bits per heavy atom. The summed E-state index contributed by atoms with van der Waals surface area (Å²) in [5, 5.41) is 16.6. The molecule has 154 valence electrons. The molecule has 1 heterocycles. The Bertz CT molecular complexity index is 586. The molecular weight excluding hydrogens is 356 g/mol. The van der Waals surface area contributed by atoms with Crippen LogP contribution in [0, 0.1) is 11.3 Å². The van der Waals surface area contributed by atoms with Gasteiger partial charge in [-0.2, -0.15) is 0 Å². The Morgan fingerprint density at radius 1 is 1.26 bits per heavy atom. The molecular formula is C20H38N6S. The maximum atomic E-state index is 4.86. The van der Waals surface area contributed by atoms with E-state index in [4.69, 9.17) is 4.99 Å². The highest BCUT2D eigenvalue weighted by Crippen LogP contribution is 2.43. The van der Waals surface area contributed by atoms with Crippen LogP contribution in [0.5, 0.6) is 0 Å². The van der Waals surface area contributed by atoms with Crippen molar-refractivity contribution in [2.75, 3.05) is 25.9 Å². The Balaban J connectivity index is 1.84. The topological polar surface area (TPSA) is 67.1 Å². The van der Waals surface area contributed by atoms with Crippen molar-refractivity contribution in [2.24, 2.45) is 16.3 Å². The maximum Gasteiger partial charge on any atom is 0.191 e. The number of thioether (sulfide) groups is 1. The minimum atomic E-state index is 0.462. The number of guanidine groups is 1. The second kappa shape index (κ2) is 10.9. The molecule has 7 heteroatoms. The molecule has 0 aliphatic heterocycles. The average molecular weight is 395 g/mol. The fraction of sp³-hybridized carbons (Fsp3) is 0.850. The smallest absolute Gasteiger partial charge is 0.191 e. The first-order chi connectivity index (χ1) is 13.0. The van der Waals surface area contributed by atoms with Crippen LogP contribution in [0.2, 0.25) is 0 Å².